The highest BCUT2D eigenvalue weighted by atomic mass is 16.7. The van der Waals surface area contributed by atoms with Gasteiger partial charge in [0.25, 0.3) is 0 Å². The lowest BCUT2D eigenvalue weighted by molar-refractivity contribution is 0.174. The third kappa shape index (κ3) is 4.26. The normalized spacial score (nSPS) is 12.5. The van der Waals surface area contributed by atoms with Crippen molar-refractivity contribution >= 4 is 11.6 Å². The first-order valence-corrected chi connectivity index (χ1v) is 7.97. The molecule has 0 spiro atoms. The molecule has 24 heavy (non-hydrogen) atoms. The smallest absolute Gasteiger partial charge is 0.231 e. The average molecular weight is 329 g/mol. The second-order valence-electron chi connectivity index (χ2n) is 5.96. The van der Waals surface area contributed by atoms with E-state index in [4.69, 9.17) is 9.47 Å². The lowest BCUT2D eigenvalue weighted by Gasteiger charge is -2.12. The predicted octanol–water partition coefficient (Wildman–Crippen LogP) is 2.10. The van der Waals surface area contributed by atoms with Gasteiger partial charge in [-0.25, -0.2) is 9.97 Å². The number of aromatic nitrogens is 2. The first kappa shape index (κ1) is 16.3. The second kappa shape index (κ2) is 7.35. The van der Waals surface area contributed by atoms with Gasteiger partial charge in [-0.3, -0.25) is 0 Å². The summed E-state index contributed by atoms with van der Waals surface area (Å²) in [7, 11) is 4.09. The second-order valence-corrected chi connectivity index (χ2v) is 5.96. The highest BCUT2D eigenvalue weighted by Crippen LogP contribution is 2.32. The maximum absolute atomic E-state index is 5.40. The van der Waals surface area contributed by atoms with Gasteiger partial charge in [0.1, 0.15) is 17.5 Å². The summed E-state index contributed by atoms with van der Waals surface area (Å²) in [6, 6.07) is 7.86. The van der Waals surface area contributed by atoms with Gasteiger partial charge in [0.05, 0.1) is 0 Å². The van der Waals surface area contributed by atoms with Crippen LogP contribution in [0.4, 0.5) is 11.6 Å². The minimum absolute atomic E-state index is 0.291. The van der Waals surface area contributed by atoms with E-state index >= 15 is 0 Å². The molecular formula is C17H23N5O2. The Balaban J connectivity index is 1.61. The number of anilines is 2. The fourth-order valence-corrected chi connectivity index (χ4v) is 2.40. The SMILES string of the molecule is Cc1nc(NCCN(C)C)cc(NCc2ccc3c(c2)OCO3)n1. The van der Waals surface area contributed by atoms with Crippen LogP contribution < -0.4 is 20.1 Å². The van der Waals surface area contributed by atoms with Crippen LogP contribution in [0.2, 0.25) is 0 Å². The van der Waals surface area contributed by atoms with Crippen molar-refractivity contribution in [1.82, 2.24) is 14.9 Å². The van der Waals surface area contributed by atoms with Crippen LogP contribution in [0.5, 0.6) is 11.5 Å². The Kier molecular flexibility index (Phi) is 5.00. The van der Waals surface area contributed by atoms with Crippen LogP contribution in [0.3, 0.4) is 0 Å². The van der Waals surface area contributed by atoms with Crippen molar-refractivity contribution in [2.75, 3.05) is 44.6 Å². The number of nitrogens with zero attached hydrogens (tertiary/aromatic N) is 3. The fraction of sp³-hybridized carbons (Fsp3) is 0.412. The molecule has 1 aromatic heterocycles. The number of fused-ring (bicyclic) bond motifs is 1. The number of likely N-dealkylation sites (N-methyl/N-ethyl adjacent to an activating group) is 1. The maximum atomic E-state index is 5.40. The van der Waals surface area contributed by atoms with Crippen molar-refractivity contribution in [2.24, 2.45) is 0 Å². The number of hydrogen-bond donors (Lipinski definition) is 2. The first-order chi connectivity index (χ1) is 11.6. The molecule has 1 aliphatic heterocycles. The summed E-state index contributed by atoms with van der Waals surface area (Å²) in [6.07, 6.45) is 0. The van der Waals surface area contributed by atoms with Crippen molar-refractivity contribution in [3.05, 3.63) is 35.7 Å². The van der Waals surface area contributed by atoms with Gasteiger partial charge < -0.3 is 25.0 Å². The minimum Gasteiger partial charge on any atom is -0.454 e. The van der Waals surface area contributed by atoms with E-state index in [0.717, 1.165) is 47.6 Å². The van der Waals surface area contributed by atoms with E-state index in [1.807, 2.05) is 45.3 Å². The molecule has 7 heteroatoms. The molecule has 0 radical (unpaired) electrons. The van der Waals surface area contributed by atoms with Crippen LogP contribution in [0.15, 0.2) is 24.3 Å². The Labute approximate surface area is 142 Å². The van der Waals surface area contributed by atoms with Gasteiger partial charge in [-0.1, -0.05) is 6.07 Å². The zero-order valence-electron chi connectivity index (χ0n) is 14.3. The molecule has 2 N–H and O–H groups in total. The van der Waals surface area contributed by atoms with Crippen LogP contribution in [0, 0.1) is 6.92 Å². The molecule has 3 rings (SSSR count). The molecule has 128 valence electrons. The topological polar surface area (TPSA) is 71.5 Å². The summed E-state index contributed by atoms with van der Waals surface area (Å²) in [6.45, 7) is 4.63. The third-order valence-corrected chi connectivity index (χ3v) is 3.61. The molecular weight excluding hydrogens is 306 g/mol. The van der Waals surface area contributed by atoms with Crippen molar-refractivity contribution in [3.63, 3.8) is 0 Å². The van der Waals surface area contributed by atoms with Crippen molar-refractivity contribution in [1.29, 1.82) is 0 Å². The largest absolute Gasteiger partial charge is 0.454 e. The maximum Gasteiger partial charge on any atom is 0.231 e. The van der Waals surface area contributed by atoms with E-state index in [-0.39, 0.29) is 0 Å². The molecule has 7 nitrogen and oxygen atoms in total. The monoisotopic (exact) mass is 329 g/mol. The molecule has 0 fully saturated rings. The van der Waals surface area contributed by atoms with Gasteiger partial charge in [-0.2, -0.15) is 0 Å². The van der Waals surface area contributed by atoms with Crippen molar-refractivity contribution in [2.45, 2.75) is 13.5 Å². The van der Waals surface area contributed by atoms with Gasteiger partial charge in [0.2, 0.25) is 6.79 Å². The Morgan fingerprint density at radius 1 is 1.04 bits per heavy atom. The van der Waals surface area contributed by atoms with E-state index in [1.54, 1.807) is 0 Å². The van der Waals surface area contributed by atoms with E-state index in [9.17, 15) is 0 Å². The van der Waals surface area contributed by atoms with E-state index in [2.05, 4.69) is 25.5 Å². The van der Waals surface area contributed by atoms with Gasteiger partial charge in [-0.15, -0.1) is 0 Å². The zero-order valence-corrected chi connectivity index (χ0v) is 14.3. The zero-order chi connectivity index (χ0) is 16.9. The summed E-state index contributed by atoms with van der Waals surface area (Å²) in [5.41, 5.74) is 1.11. The molecule has 0 amide bonds. The van der Waals surface area contributed by atoms with Crippen LogP contribution in [-0.4, -0.2) is 48.8 Å². The third-order valence-electron chi connectivity index (χ3n) is 3.61. The molecule has 2 heterocycles. The molecule has 1 aliphatic rings. The van der Waals surface area contributed by atoms with E-state index < -0.39 is 0 Å². The molecule has 1 aromatic carbocycles. The quantitative estimate of drug-likeness (QED) is 0.806. The fourth-order valence-electron chi connectivity index (χ4n) is 2.40. The highest BCUT2D eigenvalue weighted by Gasteiger charge is 2.13. The number of nitrogens with one attached hydrogen (secondary N) is 2. The minimum atomic E-state index is 0.291. The Hall–Kier alpha value is -2.54. The van der Waals surface area contributed by atoms with Crippen LogP contribution in [0.25, 0.3) is 0 Å². The Morgan fingerprint density at radius 2 is 1.79 bits per heavy atom. The molecule has 0 saturated carbocycles. The molecule has 0 aliphatic carbocycles. The summed E-state index contributed by atoms with van der Waals surface area (Å²) >= 11 is 0. The molecule has 0 unspecified atom stereocenters. The number of benzene rings is 1. The molecule has 0 atom stereocenters. The Bertz CT molecular complexity index is 705. The number of hydrogen-bond acceptors (Lipinski definition) is 7. The summed E-state index contributed by atoms with van der Waals surface area (Å²) < 4.78 is 10.7. The number of rotatable bonds is 7. The number of aryl methyl sites for hydroxylation is 1. The Morgan fingerprint density at radius 3 is 2.58 bits per heavy atom. The number of ether oxygens (including phenoxy) is 2. The van der Waals surface area contributed by atoms with Crippen LogP contribution >= 0.6 is 0 Å². The summed E-state index contributed by atoms with van der Waals surface area (Å²) in [5.74, 6) is 3.95. The van der Waals surface area contributed by atoms with Crippen LogP contribution in [0.1, 0.15) is 11.4 Å². The average Bonchev–Trinajstić information content (AvgIpc) is 3.00. The van der Waals surface area contributed by atoms with Gasteiger partial charge in [-0.05, 0) is 38.7 Å². The van der Waals surface area contributed by atoms with E-state index in [1.165, 1.54) is 0 Å². The van der Waals surface area contributed by atoms with Gasteiger partial charge >= 0.3 is 0 Å². The summed E-state index contributed by atoms with van der Waals surface area (Å²) in [4.78, 5) is 11.0. The molecule has 2 aromatic rings. The highest BCUT2D eigenvalue weighted by molar-refractivity contribution is 5.49. The standard InChI is InChI=1S/C17H23N5O2/c1-12-20-16(18-6-7-22(2)3)9-17(21-12)19-10-13-4-5-14-15(8-13)24-11-23-14/h4-5,8-9H,6-7,10-11H2,1-3H3,(H2,18,19,20,21). The van der Waals surface area contributed by atoms with E-state index in [0.29, 0.717) is 13.3 Å². The molecule has 0 bridgehead atoms. The lowest BCUT2D eigenvalue weighted by atomic mass is 10.2. The van der Waals surface area contributed by atoms with Crippen LogP contribution in [-0.2, 0) is 6.54 Å². The lowest BCUT2D eigenvalue weighted by Crippen LogP contribution is -2.21. The van der Waals surface area contributed by atoms with Crippen molar-refractivity contribution < 1.29 is 9.47 Å². The van der Waals surface area contributed by atoms with Gasteiger partial charge in [0, 0.05) is 25.7 Å². The molecule has 0 saturated heterocycles. The van der Waals surface area contributed by atoms with Gasteiger partial charge in [0.15, 0.2) is 11.5 Å². The first-order valence-electron chi connectivity index (χ1n) is 7.97. The summed E-state index contributed by atoms with van der Waals surface area (Å²) in [5, 5.41) is 6.65. The van der Waals surface area contributed by atoms with Crippen molar-refractivity contribution in [3.8, 4) is 11.5 Å². The predicted molar refractivity (Wildman–Crippen MR) is 93.7 cm³/mol.